The summed E-state index contributed by atoms with van der Waals surface area (Å²) in [6.45, 7) is 4.54. The van der Waals surface area contributed by atoms with Gasteiger partial charge in [-0.15, -0.1) is 0 Å². The molecule has 0 heterocycles. The van der Waals surface area contributed by atoms with E-state index < -0.39 is 0 Å². The molecular formula is C10H19Cl2N2O2Ti. The smallest absolute Gasteiger partial charge is 1.00 e. The third-order valence-electron chi connectivity index (χ3n) is 2.51. The van der Waals surface area contributed by atoms with Gasteiger partial charge in [-0.05, 0) is 24.7 Å². The Labute approximate surface area is 131 Å². The van der Waals surface area contributed by atoms with E-state index >= 15 is 0 Å². The second-order valence-corrected chi connectivity index (χ2v) is 4.36. The van der Waals surface area contributed by atoms with E-state index in [0.29, 0.717) is 11.5 Å². The summed E-state index contributed by atoms with van der Waals surface area (Å²) in [7, 11) is 0. The quantitative estimate of drug-likeness (QED) is 0.415. The van der Waals surface area contributed by atoms with Gasteiger partial charge in [-0.3, -0.25) is 4.79 Å². The molecule has 1 radical (unpaired) electrons. The van der Waals surface area contributed by atoms with Crippen LogP contribution in [-0.2, 0) is 31.3 Å². The molecule has 0 saturated heterocycles. The first-order valence-corrected chi connectivity index (χ1v) is 4.86. The van der Waals surface area contributed by atoms with Crippen LogP contribution in [0.1, 0.15) is 39.5 Å². The number of halogens is 2. The molecule has 1 aliphatic carbocycles. The molecule has 1 atom stereocenters. The molecule has 99 valence electrons. The number of carbonyl (C=O) groups is 2. The Morgan fingerprint density at radius 1 is 1.29 bits per heavy atom. The fraction of sp³-hybridized carbons (Fsp3) is 0.800. The van der Waals surface area contributed by atoms with Crippen molar-refractivity contribution in [1.82, 2.24) is 5.32 Å². The van der Waals surface area contributed by atoms with Crippen molar-refractivity contribution in [3.05, 3.63) is 5.73 Å². The van der Waals surface area contributed by atoms with Gasteiger partial charge in [-0.25, -0.2) is 0 Å². The van der Waals surface area contributed by atoms with Crippen molar-refractivity contribution in [2.24, 2.45) is 5.41 Å². The Morgan fingerprint density at radius 2 is 1.76 bits per heavy atom. The minimum absolute atomic E-state index is 0. The summed E-state index contributed by atoms with van der Waals surface area (Å²) in [5, 5.41) is 2.86. The van der Waals surface area contributed by atoms with Crippen molar-refractivity contribution in [1.29, 1.82) is 0 Å². The molecule has 1 unspecified atom stereocenters. The van der Waals surface area contributed by atoms with Crippen LogP contribution in [0, 0.1) is 5.41 Å². The molecule has 0 aromatic heterocycles. The van der Waals surface area contributed by atoms with Crippen LogP contribution in [0.3, 0.4) is 0 Å². The zero-order chi connectivity index (χ0) is 11.0. The number of hydrogen-bond acceptors (Lipinski definition) is 2. The third-order valence-corrected chi connectivity index (χ3v) is 2.51. The minimum Gasteiger partial charge on any atom is -1.00 e. The molecule has 0 spiro atoms. The Hall–Kier alpha value is 0.234. The Kier molecular flexibility index (Phi) is 21.8. The van der Waals surface area contributed by atoms with Gasteiger partial charge >= 0.3 is 21.7 Å². The Morgan fingerprint density at radius 3 is 2.12 bits per heavy atom. The number of carbonyl (C=O) groups excluding carboxylic acids is 2. The number of amides is 2. The van der Waals surface area contributed by atoms with Gasteiger partial charge in [-0.2, -0.15) is 0 Å². The zero-order valence-corrected chi connectivity index (χ0v) is 13.2. The van der Waals surface area contributed by atoms with Crippen LogP contribution in [-0.4, -0.2) is 18.9 Å². The van der Waals surface area contributed by atoms with Crippen molar-refractivity contribution < 1.29 is 56.1 Å². The molecule has 2 amide bonds. The van der Waals surface area contributed by atoms with Crippen molar-refractivity contribution in [2.75, 3.05) is 0 Å². The summed E-state index contributed by atoms with van der Waals surface area (Å²) in [5.74, 6) is 0. The van der Waals surface area contributed by atoms with Gasteiger partial charge in [-0.1, -0.05) is 20.3 Å². The molecular weight excluding hydrogens is 299 g/mol. The first kappa shape index (κ1) is 25.9. The first-order chi connectivity index (χ1) is 6.55. The molecule has 1 saturated carbocycles. The molecule has 2 N–H and O–H groups in total. The SMILES string of the molecule is CC1(C)CCCC(NC=O)C1.[Cl-].[Cl-].[NH-]C=O.[Ti+3]. The van der Waals surface area contributed by atoms with Crippen molar-refractivity contribution in [2.45, 2.75) is 45.6 Å². The van der Waals surface area contributed by atoms with E-state index in [0.717, 1.165) is 19.3 Å². The van der Waals surface area contributed by atoms with Crippen LogP contribution >= 0.6 is 0 Å². The average Bonchev–Trinajstić information content (AvgIpc) is 2.04. The van der Waals surface area contributed by atoms with Crippen molar-refractivity contribution in [3.8, 4) is 0 Å². The maximum atomic E-state index is 10.2. The largest absolute Gasteiger partial charge is 3.00 e. The monoisotopic (exact) mass is 317 g/mol. The molecule has 4 nitrogen and oxygen atoms in total. The van der Waals surface area contributed by atoms with Gasteiger partial charge < -0.3 is 40.7 Å². The second-order valence-electron chi connectivity index (χ2n) is 4.36. The molecule has 0 aliphatic heterocycles. The van der Waals surface area contributed by atoms with Crippen molar-refractivity contribution in [3.63, 3.8) is 0 Å². The van der Waals surface area contributed by atoms with E-state index in [1.54, 1.807) is 0 Å². The van der Waals surface area contributed by atoms with Gasteiger partial charge in [0.25, 0.3) is 0 Å². The van der Waals surface area contributed by atoms with Crippen LogP contribution in [0.2, 0.25) is 0 Å². The number of nitrogens with one attached hydrogen (secondary N) is 2. The minimum atomic E-state index is 0. The maximum absolute atomic E-state index is 10.2. The van der Waals surface area contributed by atoms with Crippen LogP contribution < -0.4 is 30.1 Å². The summed E-state index contributed by atoms with van der Waals surface area (Å²) in [6.07, 6.45) is 5.66. The zero-order valence-electron chi connectivity index (χ0n) is 10.1. The van der Waals surface area contributed by atoms with E-state index in [-0.39, 0.29) is 52.9 Å². The predicted molar refractivity (Wildman–Crippen MR) is 55.6 cm³/mol. The van der Waals surface area contributed by atoms with E-state index in [4.69, 9.17) is 10.5 Å². The van der Waals surface area contributed by atoms with Gasteiger partial charge in [0.2, 0.25) is 6.41 Å². The third kappa shape index (κ3) is 14.2. The molecule has 17 heavy (non-hydrogen) atoms. The number of rotatable bonds is 2. The standard InChI is InChI=1S/C9H17NO.CH3NO.2ClH.Ti/c1-9(2)5-3-4-8(6-9)10-7-11;2-1-3;;;/h7-8H,3-6H2,1-2H3,(H,10,11);1H,(H2,2,3);2*1H;/q;;;;+3/p-3. The van der Waals surface area contributed by atoms with Crippen LogP contribution in [0.5, 0.6) is 0 Å². The topological polar surface area (TPSA) is 70.0 Å². The summed E-state index contributed by atoms with van der Waals surface area (Å²) in [5.41, 5.74) is 5.96. The van der Waals surface area contributed by atoms with Gasteiger partial charge in [0.1, 0.15) is 0 Å². The van der Waals surface area contributed by atoms with E-state index in [9.17, 15) is 4.79 Å². The fourth-order valence-electron chi connectivity index (χ4n) is 1.94. The maximum Gasteiger partial charge on any atom is 3.00 e. The summed E-state index contributed by atoms with van der Waals surface area (Å²) < 4.78 is 0. The first-order valence-electron chi connectivity index (χ1n) is 4.86. The Balaban J connectivity index is -0.000000128. The van der Waals surface area contributed by atoms with E-state index in [1.807, 2.05) is 0 Å². The molecule has 0 aromatic rings. The average molecular weight is 318 g/mol. The summed E-state index contributed by atoms with van der Waals surface area (Å²) in [4.78, 5) is 18.6. The molecule has 0 bridgehead atoms. The Bertz CT molecular complexity index is 195. The van der Waals surface area contributed by atoms with Crippen LogP contribution in [0.25, 0.3) is 5.73 Å². The van der Waals surface area contributed by atoms with Crippen molar-refractivity contribution >= 4 is 12.8 Å². The summed E-state index contributed by atoms with van der Waals surface area (Å²) in [6, 6.07) is 0.427. The second kappa shape index (κ2) is 14.3. The van der Waals surface area contributed by atoms with E-state index in [1.165, 1.54) is 12.8 Å². The van der Waals surface area contributed by atoms with Crippen LogP contribution in [0.15, 0.2) is 0 Å². The van der Waals surface area contributed by atoms with E-state index in [2.05, 4.69) is 19.2 Å². The van der Waals surface area contributed by atoms with Gasteiger partial charge in [0.05, 0.1) is 0 Å². The molecule has 1 aliphatic rings. The molecule has 0 aromatic carbocycles. The number of hydrogen-bond donors (Lipinski definition) is 1. The molecule has 1 rings (SSSR count). The van der Waals surface area contributed by atoms with Gasteiger partial charge in [0.15, 0.2) is 0 Å². The van der Waals surface area contributed by atoms with Crippen LogP contribution in [0.4, 0.5) is 0 Å². The normalized spacial score (nSPS) is 19.8. The molecule has 7 heteroatoms. The predicted octanol–water partition coefficient (Wildman–Crippen LogP) is -4.10. The van der Waals surface area contributed by atoms with Gasteiger partial charge in [0, 0.05) is 12.5 Å². The fourth-order valence-corrected chi connectivity index (χ4v) is 1.94. The summed E-state index contributed by atoms with van der Waals surface area (Å²) >= 11 is 0. The molecule has 1 fully saturated rings.